The minimum Gasteiger partial charge on any atom is -0.377 e. The van der Waals surface area contributed by atoms with Crippen molar-refractivity contribution in [1.82, 2.24) is 15.1 Å². The van der Waals surface area contributed by atoms with E-state index < -0.39 is 17.1 Å². The van der Waals surface area contributed by atoms with Crippen LogP contribution < -0.4 is 5.32 Å². The number of halogens is 3. The lowest BCUT2D eigenvalue weighted by Crippen LogP contribution is -2.78. The number of amides is 3. The van der Waals surface area contributed by atoms with Crippen LogP contribution in [0.1, 0.15) is 25.7 Å². The molecule has 0 aromatic carbocycles. The van der Waals surface area contributed by atoms with Gasteiger partial charge in [0.15, 0.2) is 0 Å². The molecule has 28 heavy (non-hydrogen) atoms. The molecule has 2 spiro atoms. The Balaban J connectivity index is 1.03. The van der Waals surface area contributed by atoms with Gasteiger partial charge in [0, 0.05) is 31.6 Å². The van der Waals surface area contributed by atoms with E-state index in [9.17, 15) is 22.8 Å². The molecule has 3 heterocycles. The van der Waals surface area contributed by atoms with Gasteiger partial charge in [0.2, 0.25) is 5.91 Å². The van der Waals surface area contributed by atoms with E-state index in [1.54, 1.807) is 9.80 Å². The summed E-state index contributed by atoms with van der Waals surface area (Å²) in [6, 6.07) is -0.0468. The van der Waals surface area contributed by atoms with Crippen molar-refractivity contribution in [1.29, 1.82) is 0 Å². The Bertz CT molecular complexity index is 689. The molecule has 156 valence electrons. The van der Waals surface area contributed by atoms with Crippen molar-refractivity contribution in [2.75, 3.05) is 46.0 Å². The van der Waals surface area contributed by atoms with Crippen molar-refractivity contribution >= 4 is 11.9 Å². The molecule has 0 radical (unpaired) electrons. The summed E-state index contributed by atoms with van der Waals surface area (Å²) in [6.07, 6.45) is -2.53. The van der Waals surface area contributed by atoms with Crippen LogP contribution in [-0.4, -0.2) is 85.6 Å². The van der Waals surface area contributed by atoms with Gasteiger partial charge in [-0.25, -0.2) is 4.79 Å². The van der Waals surface area contributed by atoms with Crippen molar-refractivity contribution in [2.24, 2.45) is 10.8 Å². The van der Waals surface area contributed by atoms with Gasteiger partial charge in [-0.3, -0.25) is 4.79 Å². The average molecular weight is 403 g/mol. The Kier molecular flexibility index (Phi) is 3.79. The third kappa shape index (κ3) is 2.87. The van der Waals surface area contributed by atoms with Crippen LogP contribution >= 0.6 is 0 Å². The second-order valence-corrected chi connectivity index (χ2v) is 9.44. The molecule has 2 saturated carbocycles. The van der Waals surface area contributed by atoms with Gasteiger partial charge in [-0.15, -0.1) is 0 Å². The standard InChI is InChI=1S/C18H24F3N3O4/c19-18(20,21)16(1-2-16)10-28-12-3-15(4-12)6-23(7-15)14(26)24-8-17(9-24)11-27-5-13(25)22-17/h12H,1-11H2,(H,22,25). The lowest BCUT2D eigenvalue weighted by Gasteiger charge is -2.61. The number of hydrogen-bond acceptors (Lipinski definition) is 4. The molecule has 0 unspecified atom stereocenters. The van der Waals surface area contributed by atoms with E-state index in [0.29, 0.717) is 32.8 Å². The summed E-state index contributed by atoms with van der Waals surface area (Å²) in [5, 5.41) is 2.90. The van der Waals surface area contributed by atoms with Crippen LogP contribution in [0.3, 0.4) is 0 Å². The first-order valence-corrected chi connectivity index (χ1v) is 9.74. The van der Waals surface area contributed by atoms with Gasteiger partial charge in [-0.2, -0.15) is 13.2 Å². The summed E-state index contributed by atoms with van der Waals surface area (Å²) in [4.78, 5) is 27.5. The van der Waals surface area contributed by atoms with E-state index in [1.807, 2.05) is 0 Å². The van der Waals surface area contributed by atoms with Crippen molar-refractivity contribution in [3.8, 4) is 0 Å². The van der Waals surface area contributed by atoms with Gasteiger partial charge < -0.3 is 24.6 Å². The predicted octanol–water partition coefficient (Wildman–Crippen LogP) is 1.13. The number of likely N-dealkylation sites (tertiary alicyclic amines) is 2. The number of nitrogens with one attached hydrogen (secondary N) is 1. The van der Waals surface area contributed by atoms with Gasteiger partial charge >= 0.3 is 12.2 Å². The predicted molar refractivity (Wildman–Crippen MR) is 89.4 cm³/mol. The fourth-order valence-electron chi connectivity index (χ4n) is 5.02. The highest BCUT2D eigenvalue weighted by Gasteiger charge is 2.64. The van der Waals surface area contributed by atoms with Crippen molar-refractivity contribution in [2.45, 2.75) is 43.5 Å². The SMILES string of the molecule is O=C1COCC2(CN(C(=O)N3CC4(CC(OCC5(C(F)(F)F)CC5)C4)C3)C2)N1. The smallest absolute Gasteiger partial charge is 0.377 e. The Morgan fingerprint density at radius 1 is 1.18 bits per heavy atom. The number of ether oxygens (including phenoxy) is 2. The topological polar surface area (TPSA) is 71.1 Å². The highest BCUT2D eigenvalue weighted by Crippen LogP contribution is 2.59. The molecule has 2 aliphatic carbocycles. The largest absolute Gasteiger partial charge is 0.396 e. The molecule has 0 bridgehead atoms. The summed E-state index contributed by atoms with van der Waals surface area (Å²) >= 11 is 0. The molecule has 3 saturated heterocycles. The molecule has 0 atom stereocenters. The Labute approximate surface area is 160 Å². The van der Waals surface area contributed by atoms with Crippen LogP contribution in [0.5, 0.6) is 0 Å². The summed E-state index contributed by atoms with van der Waals surface area (Å²) in [6.45, 7) is 2.41. The van der Waals surface area contributed by atoms with Crippen LogP contribution in [0.15, 0.2) is 0 Å². The first kappa shape index (κ1) is 18.5. The van der Waals surface area contributed by atoms with Gasteiger partial charge in [0.25, 0.3) is 0 Å². The quantitative estimate of drug-likeness (QED) is 0.767. The van der Waals surface area contributed by atoms with Crippen LogP contribution in [0.2, 0.25) is 0 Å². The molecule has 10 heteroatoms. The minimum atomic E-state index is -4.18. The lowest BCUT2D eigenvalue weighted by atomic mass is 9.62. The van der Waals surface area contributed by atoms with E-state index in [4.69, 9.17) is 9.47 Å². The molecular formula is C18H24F3N3O4. The first-order chi connectivity index (χ1) is 13.1. The van der Waals surface area contributed by atoms with Crippen molar-refractivity contribution in [3.05, 3.63) is 0 Å². The molecule has 7 nitrogen and oxygen atoms in total. The molecule has 0 aromatic heterocycles. The van der Waals surface area contributed by atoms with Crippen LogP contribution in [0.25, 0.3) is 0 Å². The van der Waals surface area contributed by atoms with Crippen molar-refractivity contribution < 1.29 is 32.2 Å². The number of alkyl halides is 3. The second-order valence-electron chi connectivity index (χ2n) is 9.44. The molecule has 5 rings (SSSR count). The molecular weight excluding hydrogens is 379 g/mol. The minimum absolute atomic E-state index is 0.0139. The third-order valence-electron chi connectivity index (χ3n) is 6.97. The van der Waals surface area contributed by atoms with Crippen molar-refractivity contribution in [3.63, 3.8) is 0 Å². The highest BCUT2D eigenvalue weighted by molar-refractivity contribution is 5.81. The number of morpholine rings is 1. The fourth-order valence-corrected chi connectivity index (χ4v) is 5.02. The van der Waals surface area contributed by atoms with Crippen LogP contribution in [-0.2, 0) is 14.3 Å². The summed E-state index contributed by atoms with van der Waals surface area (Å²) < 4.78 is 49.6. The lowest BCUT2D eigenvalue weighted by molar-refractivity contribution is -0.219. The number of urea groups is 1. The van der Waals surface area contributed by atoms with E-state index in [-0.39, 0.29) is 49.5 Å². The normalized spacial score (nSPS) is 29.8. The van der Waals surface area contributed by atoms with Gasteiger partial charge in [-0.05, 0) is 25.7 Å². The van der Waals surface area contributed by atoms with Crippen LogP contribution in [0.4, 0.5) is 18.0 Å². The van der Waals surface area contributed by atoms with Gasteiger partial charge in [-0.1, -0.05) is 0 Å². The molecule has 3 aliphatic heterocycles. The first-order valence-electron chi connectivity index (χ1n) is 9.74. The van der Waals surface area contributed by atoms with E-state index in [2.05, 4.69) is 5.32 Å². The number of carbonyl (C=O) groups excluding carboxylic acids is 2. The van der Waals surface area contributed by atoms with E-state index >= 15 is 0 Å². The summed E-state index contributed by atoms with van der Waals surface area (Å²) in [5.41, 5.74) is -2.04. The average Bonchev–Trinajstić information content (AvgIpc) is 3.30. The van der Waals surface area contributed by atoms with Crippen LogP contribution in [0, 0.1) is 10.8 Å². The van der Waals surface area contributed by atoms with E-state index in [1.165, 1.54) is 0 Å². The zero-order valence-corrected chi connectivity index (χ0v) is 15.5. The molecule has 5 fully saturated rings. The second kappa shape index (κ2) is 5.75. The Hall–Kier alpha value is -1.55. The zero-order valence-electron chi connectivity index (χ0n) is 15.5. The highest BCUT2D eigenvalue weighted by atomic mass is 19.4. The summed E-state index contributed by atoms with van der Waals surface area (Å²) in [7, 11) is 0. The molecule has 1 N–H and O–H groups in total. The maximum atomic E-state index is 12.9. The molecule has 5 aliphatic rings. The Morgan fingerprint density at radius 2 is 1.82 bits per heavy atom. The number of hydrogen-bond donors (Lipinski definition) is 1. The molecule has 3 amide bonds. The number of rotatable bonds is 3. The zero-order chi connectivity index (χ0) is 19.8. The maximum absolute atomic E-state index is 12.9. The number of carbonyl (C=O) groups is 2. The maximum Gasteiger partial charge on any atom is 0.396 e. The third-order valence-corrected chi connectivity index (χ3v) is 6.97. The monoisotopic (exact) mass is 403 g/mol. The molecule has 0 aromatic rings. The summed E-state index contributed by atoms with van der Waals surface area (Å²) in [5.74, 6) is -0.153. The van der Waals surface area contributed by atoms with E-state index in [0.717, 1.165) is 12.8 Å². The number of nitrogens with zero attached hydrogens (tertiary/aromatic N) is 2. The Morgan fingerprint density at radius 3 is 2.39 bits per heavy atom. The van der Waals surface area contributed by atoms with Gasteiger partial charge in [0.05, 0.1) is 30.3 Å². The van der Waals surface area contributed by atoms with Gasteiger partial charge in [0.1, 0.15) is 6.61 Å². The fraction of sp³-hybridized carbons (Fsp3) is 0.889.